The van der Waals surface area contributed by atoms with Gasteiger partial charge in [0.25, 0.3) is 10.1 Å². The van der Waals surface area contributed by atoms with Crippen LogP contribution in [0.2, 0.25) is 0 Å². The van der Waals surface area contributed by atoms with Crippen molar-refractivity contribution < 1.29 is 17.7 Å². The van der Waals surface area contributed by atoms with Crippen molar-refractivity contribution in [2.75, 3.05) is 7.11 Å². The van der Waals surface area contributed by atoms with Gasteiger partial charge in [-0.3, -0.25) is 4.55 Å². The van der Waals surface area contributed by atoms with Gasteiger partial charge in [0.15, 0.2) is 0 Å². The zero-order valence-electron chi connectivity index (χ0n) is 6.69. The van der Waals surface area contributed by atoms with Gasteiger partial charge in [-0.15, -0.1) is 0 Å². The Hall–Kier alpha value is -0.590. The Morgan fingerprint density at radius 3 is 2.46 bits per heavy atom. The quantitative estimate of drug-likeness (QED) is 0.828. The van der Waals surface area contributed by atoms with E-state index in [1.807, 2.05) is 0 Å². The molecule has 6 heteroatoms. The van der Waals surface area contributed by atoms with Crippen molar-refractivity contribution >= 4 is 26.0 Å². The van der Waals surface area contributed by atoms with Crippen molar-refractivity contribution in [3.05, 3.63) is 22.7 Å². The van der Waals surface area contributed by atoms with E-state index in [9.17, 15) is 8.42 Å². The third-order valence-electron chi connectivity index (χ3n) is 1.42. The van der Waals surface area contributed by atoms with Crippen molar-refractivity contribution in [3.63, 3.8) is 0 Å². The van der Waals surface area contributed by atoms with E-state index >= 15 is 0 Å². The fourth-order valence-electron chi connectivity index (χ4n) is 0.808. The maximum atomic E-state index is 10.7. The van der Waals surface area contributed by atoms with Crippen molar-refractivity contribution in [1.29, 1.82) is 0 Å². The first kappa shape index (κ1) is 10.5. The van der Waals surface area contributed by atoms with Crippen LogP contribution in [0.3, 0.4) is 0 Å². The first-order chi connectivity index (χ1) is 5.95. The zero-order chi connectivity index (χ0) is 10.1. The van der Waals surface area contributed by atoms with E-state index in [2.05, 4.69) is 15.9 Å². The van der Waals surface area contributed by atoms with Gasteiger partial charge in [0.05, 0.1) is 16.5 Å². The molecule has 13 heavy (non-hydrogen) atoms. The van der Waals surface area contributed by atoms with Gasteiger partial charge in [-0.2, -0.15) is 8.42 Å². The summed E-state index contributed by atoms with van der Waals surface area (Å²) in [5.74, 6) is 0.507. The lowest BCUT2D eigenvalue weighted by atomic mass is 10.3. The van der Waals surface area contributed by atoms with Gasteiger partial charge in [0.2, 0.25) is 0 Å². The molecule has 0 aromatic heterocycles. The van der Waals surface area contributed by atoms with E-state index in [4.69, 9.17) is 9.29 Å². The van der Waals surface area contributed by atoms with E-state index in [1.54, 1.807) is 0 Å². The van der Waals surface area contributed by atoms with Gasteiger partial charge in [0.1, 0.15) is 5.75 Å². The van der Waals surface area contributed by atoms with Gasteiger partial charge >= 0.3 is 0 Å². The lowest BCUT2D eigenvalue weighted by Crippen LogP contribution is -1.98. The highest BCUT2D eigenvalue weighted by molar-refractivity contribution is 9.10. The first-order valence-corrected chi connectivity index (χ1v) is 5.49. The third kappa shape index (κ3) is 2.43. The summed E-state index contributed by atoms with van der Waals surface area (Å²) >= 11 is 3.10. The molecule has 0 atom stereocenters. The minimum absolute atomic E-state index is 0.167. The summed E-state index contributed by atoms with van der Waals surface area (Å²) in [5.41, 5.74) is 0. The second kappa shape index (κ2) is 3.65. The van der Waals surface area contributed by atoms with Crippen LogP contribution >= 0.6 is 15.9 Å². The average Bonchev–Trinajstić information content (AvgIpc) is 2.02. The van der Waals surface area contributed by atoms with Crippen LogP contribution in [0.1, 0.15) is 0 Å². The minimum atomic E-state index is -4.14. The molecule has 0 bridgehead atoms. The first-order valence-electron chi connectivity index (χ1n) is 3.26. The molecule has 0 aliphatic heterocycles. The molecule has 0 aliphatic rings. The highest BCUT2D eigenvalue weighted by Crippen LogP contribution is 2.27. The third-order valence-corrected chi connectivity index (χ3v) is 2.89. The summed E-state index contributed by atoms with van der Waals surface area (Å²) in [6.07, 6.45) is 0. The van der Waals surface area contributed by atoms with Crippen LogP contribution in [0.15, 0.2) is 27.6 Å². The standard InChI is InChI=1S/C7H7BrO4S/c1-12-7-3-2-5(4-6(7)8)13(9,10)11/h2-4H,1H3,(H,9,10,11). The molecule has 0 radical (unpaired) electrons. The number of hydrogen-bond donors (Lipinski definition) is 1. The molecular weight excluding hydrogens is 260 g/mol. The molecule has 0 saturated carbocycles. The minimum Gasteiger partial charge on any atom is -0.496 e. The Kier molecular flexibility index (Phi) is 2.94. The van der Waals surface area contributed by atoms with Crippen molar-refractivity contribution in [1.82, 2.24) is 0 Å². The number of rotatable bonds is 2. The van der Waals surface area contributed by atoms with Crippen LogP contribution in [0.4, 0.5) is 0 Å². The molecule has 0 aliphatic carbocycles. The molecule has 1 aromatic rings. The van der Waals surface area contributed by atoms with Gasteiger partial charge in [-0.25, -0.2) is 0 Å². The Bertz CT molecular complexity index is 413. The average molecular weight is 267 g/mol. The SMILES string of the molecule is COc1ccc(S(=O)(=O)O)cc1Br. The van der Waals surface area contributed by atoms with Crippen molar-refractivity contribution in [2.24, 2.45) is 0 Å². The molecule has 1 rings (SSSR count). The Morgan fingerprint density at radius 2 is 2.08 bits per heavy atom. The van der Waals surface area contributed by atoms with Crippen LogP contribution < -0.4 is 4.74 Å². The van der Waals surface area contributed by atoms with E-state index in [0.29, 0.717) is 10.2 Å². The van der Waals surface area contributed by atoms with Crippen LogP contribution in [0.25, 0.3) is 0 Å². The summed E-state index contributed by atoms with van der Waals surface area (Å²) < 4.78 is 35.4. The van der Waals surface area contributed by atoms with Crippen LogP contribution in [-0.4, -0.2) is 20.1 Å². The molecular formula is C7H7BrO4S. The summed E-state index contributed by atoms with van der Waals surface area (Å²) in [4.78, 5) is -0.167. The molecule has 72 valence electrons. The fraction of sp³-hybridized carbons (Fsp3) is 0.143. The topological polar surface area (TPSA) is 63.6 Å². The van der Waals surface area contributed by atoms with E-state index in [-0.39, 0.29) is 4.90 Å². The number of benzene rings is 1. The molecule has 0 fully saturated rings. The maximum Gasteiger partial charge on any atom is 0.294 e. The Balaban J connectivity index is 3.26. The van der Waals surface area contributed by atoms with Crippen LogP contribution in [0.5, 0.6) is 5.75 Å². The van der Waals surface area contributed by atoms with E-state index in [1.165, 1.54) is 25.3 Å². The Labute approximate surface area is 84.4 Å². The molecule has 0 amide bonds. The second-order valence-electron chi connectivity index (χ2n) is 2.27. The molecule has 0 heterocycles. The predicted octanol–water partition coefficient (Wildman–Crippen LogP) is 1.70. The monoisotopic (exact) mass is 266 g/mol. The molecule has 0 unspecified atom stereocenters. The van der Waals surface area contributed by atoms with Gasteiger partial charge in [-0.05, 0) is 34.1 Å². The molecule has 1 N–H and O–H groups in total. The number of ether oxygens (including phenoxy) is 1. The molecule has 0 spiro atoms. The maximum absolute atomic E-state index is 10.7. The lowest BCUT2D eigenvalue weighted by molar-refractivity contribution is 0.411. The van der Waals surface area contributed by atoms with Crippen LogP contribution in [-0.2, 0) is 10.1 Å². The van der Waals surface area contributed by atoms with Crippen molar-refractivity contribution in [2.45, 2.75) is 4.90 Å². The number of hydrogen-bond acceptors (Lipinski definition) is 3. The fourth-order valence-corrected chi connectivity index (χ4v) is 2.01. The number of methoxy groups -OCH3 is 1. The van der Waals surface area contributed by atoms with E-state index < -0.39 is 10.1 Å². The smallest absolute Gasteiger partial charge is 0.294 e. The molecule has 0 saturated heterocycles. The zero-order valence-corrected chi connectivity index (χ0v) is 9.09. The second-order valence-corrected chi connectivity index (χ2v) is 4.55. The Morgan fingerprint density at radius 1 is 1.46 bits per heavy atom. The molecule has 4 nitrogen and oxygen atoms in total. The summed E-state index contributed by atoms with van der Waals surface area (Å²) in [7, 11) is -2.67. The normalized spacial score (nSPS) is 11.3. The number of halogens is 1. The predicted molar refractivity (Wildman–Crippen MR) is 50.5 cm³/mol. The lowest BCUT2D eigenvalue weighted by Gasteiger charge is -2.03. The van der Waals surface area contributed by atoms with Gasteiger partial charge in [-0.1, -0.05) is 0 Å². The van der Waals surface area contributed by atoms with Gasteiger partial charge < -0.3 is 4.74 Å². The highest BCUT2D eigenvalue weighted by atomic mass is 79.9. The summed E-state index contributed by atoms with van der Waals surface area (Å²) in [5, 5.41) is 0. The van der Waals surface area contributed by atoms with Gasteiger partial charge in [0, 0.05) is 0 Å². The van der Waals surface area contributed by atoms with Crippen molar-refractivity contribution in [3.8, 4) is 5.75 Å². The molecule has 1 aromatic carbocycles. The largest absolute Gasteiger partial charge is 0.496 e. The summed E-state index contributed by atoms with van der Waals surface area (Å²) in [6.45, 7) is 0. The van der Waals surface area contributed by atoms with E-state index in [0.717, 1.165) is 0 Å². The highest BCUT2D eigenvalue weighted by Gasteiger charge is 2.11. The summed E-state index contributed by atoms with van der Waals surface area (Å²) in [6, 6.07) is 3.99. The van der Waals surface area contributed by atoms with Crippen LogP contribution in [0, 0.1) is 0 Å².